The highest BCUT2D eigenvalue weighted by atomic mass is 32.2. The maximum absolute atomic E-state index is 13.5. The van der Waals surface area contributed by atoms with E-state index in [9.17, 15) is 27.6 Å². The molecule has 0 saturated carbocycles. The summed E-state index contributed by atoms with van der Waals surface area (Å²) in [6, 6.07) is 6.03. The summed E-state index contributed by atoms with van der Waals surface area (Å²) in [7, 11) is -3.35. The Morgan fingerprint density at radius 3 is 2.21 bits per heavy atom. The number of amides is 3. The fourth-order valence-electron chi connectivity index (χ4n) is 4.05. The minimum absolute atomic E-state index is 0.00276. The van der Waals surface area contributed by atoms with E-state index in [2.05, 4.69) is 5.32 Å². The number of benzene rings is 1. The van der Waals surface area contributed by atoms with E-state index in [1.165, 1.54) is 12.1 Å². The molecule has 42 heavy (non-hydrogen) atoms. The van der Waals surface area contributed by atoms with Crippen molar-refractivity contribution in [3.8, 4) is 0 Å². The molecule has 12 nitrogen and oxygen atoms in total. The van der Waals surface area contributed by atoms with Crippen LogP contribution in [0.2, 0.25) is 0 Å². The van der Waals surface area contributed by atoms with Crippen molar-refractivity contribution >= 4 is 49.9 Å². The Balaban J connectivity index is 1.93. The molecule has 0 bridgehead atoms. The number of hydroxylamine groups is 1. The van der Waals surface area contributed by atoms with Crippen LogP contribution >= 0.6 is 11.3 Å². The maximum Gasteiger partial charge on any atom is 0.342 e. The Labute approximate surface area is 249 Å². The van der Waals surface area contributed by atoms with Gasteiger partial charge in [0.05, 0.1) is 23.5 Å². The first-order valence-corrected chi connectivity index (χ1v) is 15.9. The first kappa shape index (κ1) is 33.2. The first-order valence-electron chi connectivity index (χ1n) is 13.2. The molecule has 0 saturated heterocycles. The Morgan fingerprint density at radius 2 is 1.69 bits per heavy atom. The van der Waals surface area contributed by atoms with Gasteiger partial charge < -0.3 is 20.5 Å². The minimum atomic E-state index is -3.35. The van der Waals surface area contributed by atoms with Crippen molar-refractivity contribution in [1.82, 2.24) is 5.32 Å². The predicted molar refractivity (Wildman–Crippen MR) is 156 cm³/mol. The molecule has 3 rings (SSSR count). The van der Waals surface area contributed by atoms with Gasteiger partial charge in [-0.25, -0.2) is 13.2 Å². The minimum Gasteiger partial charge on any atom is -0.456 e. The number of carbonyl (C=O) groups excluding carboxylic acids is 4. The number of fused-ring (bicyclic) bond motifs is 1. The van der Waals surface area contributed by atoms with Crippen LogP contribution in [0.4, 0.5) is 5.00 Å². The summed E-state index contributed by atoms with van der Waals surface area (Å²) in [6.45, 7) is 10.4. The zero-order valence-corrected chi connectivity index (χ0v) is 26.4. The van der Waals surface area contributed by atoms with Crippen LogP contribution in [0.3, 0.4) is 0 Å². The van der Waals surface area contributed by atoms with Crippen LogP contribution in [-0.4, -0.2) is 62.7 Å². The van der Waals surface area contributed by atoms with Gasteiger partial charge in [0.25, 0.3) is 0 Å². The lowest BCUT2D eigenvalue weighted by Gasteiger charge is -2.29. The molecule has 0 spiro atoms. The van der Waals surface area contributed by atoms with E-state index in [1.54, 1.807) is 53.7 Å². The number of nitrogens with one attached hydrogen (secondary N) is 1. The van der Waals surface area contributed by atoms with Gasteiger partial charge in [-0.1, -0.05) is 12.1 Å². The summed E-state index contributed by atoms with van der Waals surface area (Å²) in [4.78, 5) is 57.6. The van der Waals surface area contributed by atoms with E-state index in [1.807, 2.05) is 0 Å². The first-order chi connectivity index (χ1) is 19.3. The summed E-state index contributed by atoms with van der Waals surface area (Å²) >= 11 is 1.02. The van der Waals surface area contributed by atoms with Gasteiger partial charge in [-0.15, -0.1) is 11.3 Å². The molecule has 3 amide bonds. The number of esters is 1. The van der Waals surface area contributed by atoms with Crippen LogP contribution in [-0.2, 0) is 51.4 Å². The Kier molecular flexibility index (Phi) is 9.87. The third kappa shape index (κ3) is 8.60. The SMILES string of the molecule is CC(C)(C)OC(=O)c1c(N(OC(C)(C)C)C(=O)C(N)=O)sc2c1CCOC2CNC(=O)Cc1ccc(S(C)(=O)=O)cc1. The molecule has 1 atom stereocenters. The number of nitrogens with two attached hydrogens (primary N) is 1. The summed E-state index contributed by atoms with van der Waals surface area (Å²) in [5, 5.41) is 3.58. The van der Waals surface area contributed by atoms with E-state index in [4.69, 9.17) is 20.0 Å². The van der Waals surface area contributed by atoms with Crippen molar-refractivity contribution in [1.29, 1.82) is 0 Å². The molecule has 2 heterocycles. The van der Waals surface area contributed by atoms with E-state index < -0.39 is 44.9 Å². The molecule has 14 heteroatoms. The summed E-state index contributed by atoms with van der Waals surface area (Å²) in [6.07, 6.45) is 0.745. The van der Waals surface area contributed by atoms with Crippen LogP contribution in [0, 0.1) is 0 Å². The molecule has 1 aromatic carbocycles. The number of ether oxygens (including phenoxy) is 2. The monoisotopic (exact) mass is 623 g/mol. The van der Waals surface area contributed by atoms with Gasteiger partial charge in [0.2, 0.25) is 5.91 Å². The van der Waals surface area contributed by atoms with E-state index in [-0.39, 0.29) is 40.9 Å². The van der Waals surface area contributed by atoms with Gasteiger partial charge in [0.1, 0.15) is 22.3 Å². The number of rotatable bonds is 8. The molecule has 230 valence electrons. The number of carbonyl (C=O) groups is 4. The highest BCUT2D eigenvalue weighted by Gasteiger charge is 2.39. The number of hydrogen-bond acceptors (Lipinski definition) is 10. The molecule has 3 N–H and O–H groups in total. The lowest BCUT2D eigenvalue weighted by atomic mass is 10.0. The number of hydrogen-bond donors (Lipinski definition) is 2. The largest absolute Gasteiger partial charge is 0.456 e. The Bertz CT molecular complexity index is 1470. The molecule has 1 aliphatic rings. The quantitative estimate of drug-likeness (QED) is 0.255. The van der Waals surface area contributed by atoms with Gasteiger partial charge in [-0.05, 0) is 71.2 Å². The predicted octanol–water partition coefficient (Wildman–Crippen LogP) is 2.63. The highest BCUT2D eigenvalue weighted by molar-refractivity contribution is 7.90. The van der Waals surface area contributed by atoms with Crippen molar-refractivity contribution < 1.29 is 41.9 Å². The van der Waals surface area contributed by atoms with E-state index in [0.717, 1.165) is 22.7 Å². The third-order valence-electron chi connectivity index (χ3n) is 5.73. The molecule has 1 unspecified atom stereocenters. The smallest absolute Gasteiger partial charge is 0.342 e. The summed E-state index contributed by atoms with van der Waals surface area (Å²) in [5.41, 5.74) is 4.77. The summed E-state index contributed by atoms with van der Waals surface area (Å²) in [5.74, 6) is -3.48. The molecular weight excluding hydrogens is 586 g/mol. The fourth-order valence-corrected chi connectivity index (χ4v) is 6.01. The Hall–Kier alpha value is -3.33. The lowest BCUT2D eigenvalue weighted by molar-refractivity contribution is -0.144. The van der Waals surface area contributed by atoms with Crippen molar-refractivity contribution in [3.05, 3.63) is 45.8 Å². The van der Waals surface area contributed by atoms with Gasteiger partial charge in [-0.3, -0.25) is 19.2 Å². The highest BCUT2D eigenvalue weighted by Crippen LogP contribution is 2.44. The second-order valence-corrected chi connectivity index (χ2v) is 14.8. The van der Waals surface area contributed by atoms with Crippen molar-refractivity contribution in [2.24, 2.45) is 5.73 Å². The maximum atomic E-state index is 13.5. The van der Waals surface area contributed by atoms with Gasteiger partial charge in [-0.2, -0.15) is 5.06 Å². The van der Waals surface area contributed by atoms with Gasteiger partial charge in [0, 0.05) is 17.7 Å². The Morgan fingerprint density at radius 1 is 1.07 bits per heavy atom. The topological polar surface area (TPSA) is 171 Å². The van der Waals surface area contributed by atoms with Crippen molar-refractivity contribution in [2.45, 2.75) is 76.6 Å². The average molecular weight is 624 g/mol. The fraction of sp³-hybridized carbons (Fsp3) is 0.500. The van der Waals surface area contributed by atoms with Crippen LogP contribution < -0.4 is 16.1 Å². The zero-order valence-electron chi connectivity index (χ0n) is 24.7. The summed E-state index contributed by atoms with van der Waals surface area (Å²) < 4.78 is 35.0. The van der Waals surface area contributed by atoms with Crippen molar-refractivity contribution in [3.63, 3.8) is 0 Å². The van der Waals surface area contributed by atoms with E-state index >= 15 is 0 Å². The third-order valence-corrected chi connectivity index (χ3v) is 8.15. The van der Waals surface area contributed by atoms with Gasteiger partial charge >= 0.3 is 17.8 Å². The second kappa shape index (κ2) is 12.5. The zero-order chi connectivity index (χ0) is 31.6. The molecule has 0 radical (unpaired) electrons. The number of thiophene rings is 1. The molecule has 0 aliphatic carbocycles. The number of nitrogens with zero attached hydrogens (tertiary/aromatic N) is 1. The number of primary amides is 1. The van der Waals surface area contributed by atoms with Crippen LogP contribution in [0.25, 0.3) is 0 Å². The average Bonchev–Trinajstić information content (AvgIpc) is 3.24. The normalized spacial score (nSPS) is 15.5. The van der Waals surface area contributed by atoms with Crippen LogP contribution in [0.1, 0.15) is 74.0 Å². The molecule has 2 aromatic rings. The van der Waals surface area contributed by atoms with Crippen LogP contribution in [0.15, 0.2) is 29.2 Å². The van der Waals surface area contributed by atoms with Gasteiger partial charge in [0.15, 0.2) is 9.84 Å². The van der Waals surface area contributed by atoms with Crippen molar-refractivity contribution in [2.75, 3.05) is 24.5 Å². The number of anilines is 1. The number of sulfone groups is 1. The molecule has 1 aliphatic heterocycles. The van der Waals surface area contributed by atoms with E-state index in [0.29, 0.717) is 22.4 Å². The molecule has 0 fully saturated rings. The standard InChI is InChI=1S/C28H37N3O9S2/c1-27(2,3)39-26(35)21-18-12-13-38-19(15-30-20(32)14-16-8-10-17(11-9-16)42(7,36)37)22(18)41-25(21)31(24(34)23(29)33)40-28(4,5)6/h8-11,19H,12-15H2,1-7H3,(H2,29,33)(H,30,32). The second-order valence-electron chi connectivity index (χ2n) is 11.8. The lowest BCUT2D eigenvalue weighted by Crippen LogP contribution is -2.45. The molecule has 1 aromatic heterocycles. The van der Waals surface area contributed by atoms with Crippen LogP contribution in [0.5, 0.6) is 0 Å². The molecular formula is C28H37N3O9S2.